The maximum atomic E-state index is 8.77. The largest absolute Gasteiger partial charge is 0.394 e. The van der Waals surface area contributed by atoms with Crippen molar-refractivity contribution >= 4 is 11.5 Å². The van der Waals surface area contributed by atoms with Crippen LogP contribution in [0.3, 0.4) is 0 Å². The third-order valence-electron chi connectivity index (χ3n) is 3.75. The van der Waals surface area contributed by atoms with Crippen molar-refractivity contribution < 1.29 is 19.7 Å². The molecule has 7 heteroatoms. The molecule has 0 saturated carbocycles. The predicted molar refractivity (Wildman–Crippen MR) is 89.2 cm³/mol. The summed E-state index contributed by atoms with van der Waals surface area (Å²) >= 11 is 0. The van der Waals surface area contributed by atoms with E-state index in [0.29, 0.717) is 26.4 Å². The van der Waals surface area contributed by atoms with Gasteiger partial charge < -0.3 is 29.5 Å². The van der Waals surface area contributed by atoms with Gasteiger partial charge in [-0.2, -0.15) is 0 Å². The zero-order valence-corrected chi connectivity index (χ0v) is 13.8. The van der Waals surface area contributed by atoms with Crippen LogP contribution in [0.25, 0.3) is 0 Å². The molecular formula is C16H27N3O4. The van der Waals surface area contributed by atoms with Gasteiger partial charge in [-0.3, -0.25) is 0 Å². The molecule has 23 heavy (non-hydrogen) atoms. The molecule has 130 valence electrons. The summed E-state index contributed by atoms with van der Waals surface area (Å²) in [6.07, 6.45) is 1.88. The SMILES string of the molecule is Cc1cnc2c(c1)N(CCOCCO)CCN2CCOCCO. The lowest BCUT2D eigenvalue weighted by atomic mass is 10.2. The molecule has 7 nitrogen and oxygen atoms in total. The highest BCUT2D eigenvalue weighted by atomic mass is 16.5. The summed E-state index contributed by atoms with van der Waals surface area (Å²) in [6.45, 7) is 7.39. The van der Waals surface area contributed by atoms with Crippen molar-refractivity contribution in [3.05, 3.63) is 17.8 Å². The summed E-state index contributed by atoms with van der Waals surface area (Å²) in [5, 5.41) is 17.5. The molecular weight excluding hydrogens is 298 g/mol. The van der Waals surface area contributed by atoms with Gasteiger partial charge in [-0.15, -0.1) is 0 Å². The Morgan fingerprint density at radius 3 is 2.26 bits per heavy atom. The third-order valence-corrected chi connectivity index (χ3v) is 3.75. The van der Waals surface area contributed by atoms with E-state index in [2.05, 4.69) is 20.9 Å². The van der Waals surface area contributed by atoms with Crippen LogP contribution in [0.15, 0.2) is 12.3 Å². The Balaban J connectivity index is 1.98. The van der Waals surface area contributed by atoms with Crippen molar-refractivity contribution in [2.45, 2.75) is 6.92 Å². The summed E-state index contributed by atoms with van der Waals surface area (Å²) in [5.41, 5.74) is 2.24. The molecule has 0 amide bonds. The smallest absolute Gasteiger partial charge is 0.152 e. The van der Waals surface area contributed by atoms with Crippen LogP contribution in [0.5, 0.6) is 0 Å². The standard InChI is InChI=1S/C16H27N3O4/c1-14-12-15-16(17-13-14)19(5-9-23-11-7-21)3-2-18(15)4-8-22-10-6-20/h12-13,20-21H,2-11H2,1H3. The first kappa shape index (κ1) is 17.9. The Bertz CT molecular complexity index is 473. The van der Waals surface area contributed by atoms with E-state index in [1.807, 2.05) is 13.1 Å². The zero-order chi connectivity index (χ0) is 16.5. The fraction of sp³-hybridized carbons (Fsp3) is 0.688. The molecule has 0 radical (unpaired) electrons. The van der Waals surface area contributed by atoms with Gasteiger partial charge in [-0.1, -0.05) is 0 Å². The Kier molecular flexibility index (Phi) is 7.54. The number of aliphatic hydroxyl groups excluding tert-OH is 2. The lowest BCUT2D eigenvalue weighted by molar-refractivity contribution is 0.0953. The van der Waals surface area contributed by atoms with Crippen LogP contribution in [0.1, 0.15) is 5.56 Å². The quantitative estimate of drug-likeness (QED) is 0.588. The van der Waals surface area contributed by atoms with E-state index in [1.165, 1.54) is 0 Å². The summed E-state index contributed by atoms with van der Waals surface area (Å²) < 4.78 is 10.7. The zero-order valence-electron chi connectivity index (χ0n) is 13.8. The second-order valence-electron chi connectivity index (χ2n) is 5.50. The van der Waals surface area contributed by atoms with Crippen LogP contribution >= 0.6 is 0 Å². The van der Waals surface area contributed by atoms with E-state index < -0.39 is 0 Å². The van der Waals surface area contributed by atoms with Gasteiger partial charge in [0.1, 0.15) is 0 Å². The normalized spacial score (nSPS) is 14.2. The highest BCUT2D eigenvalue weighted by Crippen LogP contribution is 2.31. The number of anilines is 2. The van der Waals surface area contributed by atoms with Gasteiger partial charge in [0.15, 0.2) is 5.82 Å². The monoisotopic (exact) mass is 325 g/mol. The maximum absolute atomic E-state index is 8.77. The molecule has 2 rings (SSSR count). The van der Waals surface area contributed by atoms with Crippen molar-refractivity contribution in [1.29, 1.82) is 0 Å². The Labute approximate surface area is 137 Å². The third kappa shape index (κ3) is 5.31. The van der Waals surface area contributed by atoms with Crippen LogP contribution in [-0.2, 0) is 9.47 Å². The second kappa shape index (κ2) is 9.67. The number of pyridine rings is 1. The van der Waals surface area contributed by atoms with Gasteiger partial charge in [0.05, 0.1) is 45.3 Å². The Morgan fingerprint density at radius 1 is 1.00 bits per heavy atom. The van der Waals surface area contributed by atoms with Gasteiger partial charge in [-0.05, 0) is 18.6 Å². The van der Waals surface area contributed by atoms with Crippen LogP contribution in [0.4, 0.5) is 11.5 Å². The molecule has 0 aliphatic carbocycles. The molecule has 0 spiro atoms. The van der Waals surface area contributed by atoms with Crippen LogP contribution in [0.2, 0.25) is 0 Å². The number of aromatic nitrogens is 1. The first-order valence-corrected chi connectivity index (χ1v) is 8.10. The highest BCUT2D eigenvalue weighted by molar-refractivity contribution is 5.70. The number of rotatable bonds is 10. The highest BCUT2D eigenvalue weighted by Gasteiger charge is 2.23. The minimum absolute atomic E-state index is 0.0512. The molecule has 2 N–H and O–H groups in total. The van der Waals surface area contributed by atoms with Gasteiger partial charge in [0.25, 0.3) is 0 Å². The molecule has 0 saturated heterocycles. The summed E-state index contributed by atoms with van der Waals surface area (Å²) in [5.74, 6) is 0.969. The van der Waals surface area contributed by atoms with E-state index in [0.717, 1.165) is 43.2 Å². The molecule has 1 aromatic heterocycles. The van der Waals surface area contributed by atoms with E-state index in [9.17, 15) is 0 Å². The van der Waals surface area contributed by atoms with Crippen molar-refractivity contribution in [2.24, 2.45) is 0 Å². The van der Waals surface area contributed by atoms with Crippen molar-refractivity contribution in [3.63, 3.8) is 0 Å². The topological polar surface area (TPSA) is 78.3 Å². The number of aryl methyl sites for hydroxylation is 1. The van der Waals surface area contributed by atoms with Crippen LogP contribution in [-0.4, -0.2) is 81.0 Å². The van der Waals surface area contributed by atoms with Crippen molar-refractivity contribution in [2.75, 3.05) is 75.6 Å². The van der Waals surface area contributed by atoms with E-state index in [1.54, 1.807) is 0 Å². The van der Waals surface area contributed by atoms with E-state index >= 15 is 0 Å². The molecule has 0 unspecified atom stereocenters. The first-order chi connectivity index (χ1) is 11.3. The van der Waals surface area contributed by atoms with Gasteiger partial charge in [0.2, 0.25) is 0 Å². The van der Waals surface area contributed by atoms with Gasteiger partial charge in [-0.25, -0.2) is 4.98 Å². The number of hydrogen-bond acceptors (Lipinski definition) is 7. The summed E-state index contributed by atoms with van der Waals surface area (Å²) in [7, 11) is 0. The lowest BCUT2D eigenvalue weighted by Crippen LogP contribution is -2.44. The summed E-state index contributed by atoms with van der Waals surface area (Å²) in [6, 6.07) is 2.15. The molecule has 0 aromatic carbocycles. The van der Waals surface area contributed by atoms with Gasteiger partial charge >= 0.3 is 0 Å². The predicted octanol–water partition coefficient (Wildman–Crippen LogP) is 0.0342. The average molecular weight is 325 g/mol. The number of aliphatic hydroxyl groups is 2. The maximum Gasteiger partial charge on any atom is 0.152 e. The van der Waals surface area contributed by atoms with Crippen molar-refractivity contribution in [3.8, 4) is 0 Å². The van der Waals surface area contributed by atoms with Crippen LogP contribution in [0, 0.1) is 6.92 Å². The molecule has 1 aliphatic heterocycles. The minimum Gasteiger partial charge on any atom is -0.394 e. The van der Waals surface area contributed by atoms with Crippen LogP contribution < -0.4 is 9.80 Å². The Hall–Kier alpha value is -1.41. The summed E-state index contributed by atoms with van der Waals surface area (Å²) in [4.78, 5) is 9.09. The second-order valence-corrected chi connectivity index (χ2v) is 5.50. The average Bonchev–Trinajstić information content (AvgIpc) is 2.56. The number of hydrogen-bond donors (Lipinski definition) is 2. The van der Waals surface area contributed by atoms with Crippen molar-refractivity contribution in [1.82, 2.24) is 4.98 Å². The lowest BCUT2D eigenvalue weighted by Gasteiger charge is -2.38. The van der Waals surface area contributed by atoms with Gasteiger partial charge in [0, 0.05) is 32.4 Å². The number of ether oxygens (including phenoxy) is 2. The molecule has 2 heterocycles. The van der Waals surface area contributed by atoms with E-state index in [4.69, 9.17) is 19.7 Å². The minimum atomic E-state index is 0.0512. The first-order valence-electron chi connectivity index (χ1n) is 8.10. The molecule has 0 bridgehead atoms. The number of fused-ring (bicyclic) bond motifs is 1. The Morgan fingerprint density at radius 2 is 1.61 bits per heavy atom. The molecule has 1 aliphatic rings. The fourth-order valence-corrected chi connectivity index (χ4v) is 2.62. The fourth-order valence-electron chi connectivity index (χ4n) is 2.62. The molecule has 0 atom stereocenters. The molecule has 0 fully saturated rings. The van der Waals surface area contributed by atoms with E-state index in [-0.39, 0.29) is 13.2 Å². The number of nitrogens with zero attached hydrogens (tertiary/aromatic N) is 3. The molecule has 1 aromatic rings.